The van der Waals surface area contributed by atoms with Crippen LogP contribution in [0.4, 0.5) is 0 Å². The molecule has 2 amide bonds. The van der Waals surface area contributed by atoms with Gasteiger partial charge in [0.1, 0.15) is 0 Å². The number of benzene rings is 1. The second-order valence-electron chi connectivity index (χ2n) is 6.43. The molecule has 1 aliphatic carbocycles. The van der Waals surface area contributed by atoms with E-state index in [-0.39, 0.29) is 18.2 Å². The standard InChI is InChI=1S/C19H21NO6/c1-25-15-8-7-11(9-16(15)26-2)14(10-17(21)22)20-18(23)12-5-3-4-6-13(12)19(20)24/h3-4,7-9,12-14H,5-6,10H2,1-2H3,(H,21,22)/t12-,13-,14+/m0/s1. The Morgan fingerprint density at radius 2 is 1.69 bits per heavy atom. The van der Waals surface area contributed by atoms with E-state index in [0.717, 1.165) is 4.90 Å². The number of imide groups is 1. The number of carbonyl (C=O) groups excluding carboxylic acids is 2. The summed E-state index contributed by atoms with van der Waals surface area (Å²) in [6.07, 6.45) is 4.46. The second-order valence-corrected chi connectivity index (χ2v) is 6.43. The van der Waals surface area contributed by atoms with Crippen molar-refractivity contribution in [2.75, 3.05) is 14.2 Å². The van der Waals surface area contributed by atoms with Crippen LogP contribution in [0.2, 0.25) is 0 Å². The van der Waals surface area contributed by atoms with E-state index < -0.39 is 23.8 Å². The molecule has 0 saturated carbocycles. The van der Waals surface area contributed by atoms with Crippen molar-refractivity contribution in [3.8, 4) is 11.5 Å². The molecule has 7 heteroatoms. The van der Waals surface area contributed by atoms with Crippen LogP contribution in [0.1, 0.15) is 30.9 Å². The smallest absolute Gasteiger partial charge is 0.305 e. The largest absolute Gasteiger partial charge is 0.493 e. The van der Waals surface area contributed by atoms with Crippen molar-refractivity contribution in [1.82, 2.24) is 4.90 Å². The topological polar surface area (TPSA) is 93.1 Å². The summed E-state index contributed by atoms with van der Waals surface area (Å²) in [6.45, 7) is 0. The van der Waals surface area contributed by atoms with Crippen LogP contribution in [0.3, 0.4) is 0 Å². The van der Waals surface area contributed by atoms with E-state index in [1.807, 2.05) is 12.2 Å². The van der Waals surface area contributed by atoms with Gasteiger partial charge in [-0.25, -0.2) is 0 Å². The van der Waals surface area contributed by atoms with E-state index in [9.17, 15) is 19.5 Å². The zero-order chi connectivity index (χ0) is 18.8. The zero-order valence-electron chi connectivity index (χ0n) is 14.7. The lowest BCUT2D eigenvalue weighted by Gasteiger charge is -2.26. The molecule has 0 bridgehead atoms. The Balaban J connectivity index is 2.00. The highest BCUT2D eigenvalue weighted by molar-refractivity contribution is 6.06. The predicted octanol–water partition coefficient (Wildman–Crippen LogP) is 2.17. The molecule has 138 valence electrons. The van der Waals surface area contributed by atoms with Crippen molar-refractivity contribution in [2.45, 2.75) is 25.3 Å². The number of hydrogen-bond donors (Lipinski definition) is 1. The van der Waals surface area contributed by atoms with Gasteiger partial charge in [0.25, 0.3) is 0 Å². The van der Waals surface area contributed by atoms with Gasteiger partial charge in [0.2, 0.25) is 11.8 Å². The van der Waals surface area contributed by atoms with Crippen LogP contribution in [-0.2, 0) is 14.4 Å². The van der Waals surface area contributed by atoms with Gasteiger partial charge in [-0.05, 0) is 30.5 Å². The van der Waals surface area contributed by atoms with Crippen molar-refractivity contribution in [1.29, 1.82) is 0 Å². The van der Waals surface area contributed by atoms with Crippen LogP contribution < -0.4 is 9.47 Å². The summed E-state index contributed by atoms with van der Waals surface area (Å²) in [6, 6.07) is 4.05. The van der Waals surface area contributed by atoms with Crippen molar-refractivity contribution in [3.63, 3.8) is 0 Å². The first-order valence-electron chi connectivity index (χ1n) is 8.43. The molecule has 3 atom stereocenters. The third-order valence-corrected chi connectivity index (χ3v) is 5.01. The monoisotopic (exact) mass is 359 g/mol. The predicted molar refractivity (Wildman–Crippen MR) is 91.7 cm³/mol. The first-order chi connectivity index (χ1) is 12.5. The van der Waals surface area contributed by atoms with E-state index in [4.69, 9.17) is 9.47 Å². The highest BCUT2D eigenvalue weighted by Crippen LogP contribution is 2.41. The Kier molecular flexibility index (Phi) is 4.97. The normalized spacial score (nSPS) is 22.9. The maximum Gasteiger partial charge on any atom is 0.305 e. The van der Waals surface area contributed by atoms with E-state index in [1.54, 1.807) is 18.2 Å². The number of nitrogens with zero attached hydrogens (tertiary/aromatic N) is 1. The number of hydrogen-bond acceptors (Lipinski definition) is 5. The molecule has 7 nitrogen and oxygen atoms in total. The Bertz CT molecular complexity index is 745. The lowest BCUT2D eigenvalue weighted by molar-refractivity contribution is -0.145. The van der Waals surface area contributed by atoms with Gasteiger partial charge in [0.05, 0.1) is 38.5 Å². The zero-order valence-corrected chi connectivity index (χ0v) is 14.7. The number of carboxylic acids is 1. The minimum Gasteiger partial charge on any atom is -0.493 e. The second kappa shape index (κ2) is 7.19. The molecule has 0 aromatic heterocycles. The van der Waals surface area contributed by atoms with Gasteiger partial charge < -0.3 is 14.6 Å². The van der Waals surface area contributed by atoms with Crippen molar-refractivity contribution in [2.24, 2.45) is 11.8 Å². The fourth-order valence-electron chi connectivity index (χ4n) is 3.72. The number of methoxy groups -OCH3 is 2. The molecule has 3 rings (SSSR count). The summed E-state index contributed by atoms with van der Waals surface area (Å²) >= 11 is 0. The average Bonchev–Trinajstić information content (AvgIpc) is 2.90. The van der Waals surface area contributed by atoms with Crippen molar-refractivity contribution >= 4 is 17.8 Å². The lowest BCUT2D eigenvalue weighted by Crippen LogP contribution is -2.36. The fourth-order valence-corrected chi connectivity index (χ4v) is 3.72. The van der Waals surface area contributed by atoms with Crippen LogP contribution in [-0.4, -0.2) is 42.0 Å². The van der Waals surface area contributed by atoms with Crippen molar-refractivity contribution in [3.05, 3.63) is 35.9 Å². The lowest BCUT2D eigenvalue weighted by atomic mass is 9.85. The number of likely N-dealkylation sites (tertiary alicyclic amines) is 1. The molecular formula is C19H21NO6. The van der Waals surface area contributed by atoms with Gasteiger partial charge in [-0.3, -0.25) is 19.3 Å². The molecule has 1 fully saturated rings. The third-order valence-electron chi connectivity index (χ3n) is 5.01. The number of carboxylic acid groups (broad SMARTS) is 1. The summed E-state index contributed by atoms with van der Waals surface area (Å²) < 4.78 is 10.5. The number of rotatable bonds is 6. The number of aliphatic carboxylic acids is 1. The highest BCUT2D eigenvalue weighted by atomic mass is 16.5. The summed E-state index contributed by atoms with van der Waals surface area (Å²) in [5.74, 6) is -1.58. The van der Waals surface area contributed by atoms with Crippen LogP contribution in [0.15, 0.2) is 30.4 Å². The van der Waals surface area contributed by atoms with E-state index in [0.29, 0.717) is 29.9 Å². The quantitative estimate of drug-likeness (QED) is 0.618. The van der Waals surface area contributed by atoms with E-state index in [1.165, 1.54) is 14.2 Å². The maximum atomic E-state index is 12.8. The van der Waals surface area contributed by atoms with Crippen molar-refractivity contribution < 1.29 is 29.0 Å². The molecule has 26 heavy (non-hydrogen) atoms. The molecular weight excluding hydrogens is 338 g/mol. The van der Waals surface area contributed by atoms with E-state index in [2.05, 4.69) is 0 Å². The van der Waals surface area contributed by atoms with Crippen LogP contribution in [0.5, 0.6) is 11.5 Å². The molecule has 0 unspecified atom stereocenters. The molecule has 0 spiro atoms. The summed E-state index contributed by atoms with van der Waals surface area (Å²) in [4.78, 5) is 38.3. The molecule has 1 aromatic carbocycles. The van der Waals surface area contributed by atoms with Gasteiger partial charge in [0, 0.05) is 0 Å². The number of carbonyl (C=O) groups is 3. The third kappa shape index (κ3) is 3.05. The SMILES string of the molecule is COc1ccc([C@@H](CC(=O)O)N2C(=O)[C@H]3CC=CC[C@@H]3C2=O)cc1OC. The van der Waals surface area contributed by atoms with Gasteiger partial charge >= 0.3 is 5.97 Å². The molecule has 0 radical (unpaired) electrons. The van der Waals surface area contributed by atoms with E-state index >= 15 is 0 Å². The van der Waals surface area contributed by atoms with Gasteiger partial charge in [-0.2, -0.15) is 0 Å². The maximum absolute atomic E-state index is 12.8. The van der Waals surface area contributed by atoms with Crippen LogP contribution >= 0.6 is 0 Å². The molecule has 1 heterocycles. The van der Waals surface area contributed by atoms with Gasteiger partial charge in [-0.15, -0.1) is 0 Å². The Morgan fingerprint density at radius 3 is 2.19 bits per heavy atom. The average molecular weight is 359 g/mol. The molecule has 2 aliphatic rings. The Labute approximate surface area is 151 Å². The fraction of sp³-hybridized carbons (Fsp3) is 0.421. The Morgan fingerprint density at radius 1 is 1.12 bits per heavy atom. The van der Waals surface area contributed by atoms with Gasteiger partial charge in [-0.1, -0.05) is 18.2 Å². The highest BCUT2D eigenvalue weighted by Gasteiger charge is 2.50. The number of fused-ring (bicyclic) bond motifs is 1. The molecule has 1 aromatic rings. The first kappa shape index (κ1) is 18.0. The minimum absolute atomic E-state index is 0.301. The number of amides is 2. The summed E-state index contributed by atoms with van der Waals surface area (Å²) in [7, 11) is 2.97. The molecule has 1 N–H and O–H groups in total. The number of ether oxygens (including phenoxy) is 2. The molecule has 1 aliphatic heterocycles. The summed E-state index contributed by atoms with van der Waals surface area (Å²) in [5.41, 5.74) is 0.526. The first-order valence-corrected chi connectivity index (χ1v) is 8.43. The Hall–Kier alpha value is -2.83. The number of allylic oxidation sites excluding steroid dienone is 2. The summed E-state index contributed by atoms with van der Waals surface area (Å²) in [5, 5.41) is 9.35. The van der Waals surface area contributed by atoms with Crippen LogP contribution in [0.25, 0.3) is 0 Å². The minimum atomic E-state index is -1.08. The molecule has 1 saturated heterocycles. The van der Waals surface area contributed by atoms with Crippen LogP contribution in [0, 0.1) is 11.8 Å². The van der Waals surface area contributed by atoms with Gasteiger partial charge in [0.15, 0.2) is 11.5 Å².